The van der Waals surface area contributed by atoms with E-state index < -0.39 is 71.2 Å². The number of rotatable bonds is 27. The molecule has 19 nitrogen and oxygen atoms in total. The van der Waals surface area contributed by atoms with E-state index in [1.807, 2.05) is 74.5 Å². The molecule has 2 bridgehead atoms. The van der Waals surface area contributed by atoms with E-state index >= 15 is 0 Å². The first-order valence-electron chi connectivity index (χ1n) is 24.8. The van der Waals surface area contributed by atoms with Gasteiger partial charge in [0.15, 0.2) is 0 Å². The van der Waals surface area contributed by atoms with Crippen molar-refractivity contribution in [3.63, 3.8) is 0 Å². The topological polar surface area (TPSA) is 234 Å². The van der Waals surface area contributed by atoms with Crippen molar-refractivity contribution < 1.29 is 57.6 Å². The largest absolute Gasteiger partial charge is 0.480 e. The molecule has 71 heavy (non-hydrogen) atoms. The van der Waals surface area contributed by atoms with Crippen LogP contribution in [0.2, 0.25) is 0 Å². The minimum atomic E-state index is -1.20. The number of carbonyl (C=O) groups excluding carboxylic acids is 6. The van der Waals surface area contributed by atoms with Crippen molar-refractivity contribution in [1.82, 2.24) is 36.0 Å². The molecule has 2 saturated heterocycles. The minimum absolute atomic E-state index is 0.0518. The Morgan fingerprint density at radius 1 is 0.676 bits per heavy atom. The first-order valence-corrected chi connectivity index (χ1v) is 24.8. The molecule has 394 valence electrons. The molecule has 6 amide bonds. The van der Waals surface area contributed by atoms with E-state index in [2.05, 4.69) is 21.3 Å². The van der Waals surface area contributed by atoms with Gasteiger partial charge in [-0.3, -0.25) is 28.9 Å². The number of carbonyl (C=O) groups is 7. The summed E-state index contributed by atoms with van der Waals surface area (Å²) >= 11 is 0. The van der Waals surface area contributed by atoms with Gasteiger partial charge in [-0.15, -0.1) is 0 Å². The SMILES string of the molecule is COCCOCCN(CCCCC(NC(=O)C(CC(C)C)NC(=O)C(Cc1ccccc1)NC(=O)C(Cc1ccccc1)NC(=O)OC(C)(C)C)C(=O)N1C2CC1CN(CC(=O)O)C2)C(=O)OC(C)(C)C. The summed E-state index contributed by atoms with van der Waals surface area (Å²) in [6.45, 7) is 16.5. The molecule has 2 aliphatic rings. The Hall–Kier alpha value is -5.79. The Labute approximate surface area is 419 Å². The van der Waals surface area contributed by atoms with Gasteiger partial charge in [-0.1, -0.05) is 74.5 Å². The molecule has 2 heterocycles. The molecule has 0 aromatic heterocycles. The Balaban J connectivity index is 1.57. The number of benzene rings is 2. The zero-order chi connectivity index (χ0) is 52.3. The summed E-state index contributed by atoms with van der Waals surface area (Å²) < 4.78 is 21.9. The van der Waals surface area contributed by atoms with Crippen LogP contribution in [-0.2, 0) is 55.8 Å². The number of alkyl carbamates (subject to hydrolysis) is 1. The number of aliphatic carboxylic acids is 1. The molecule has 5 N–H and O–H groups in total. The average molecular weight is 994 g/mol. The molecule has 2 aromatic rings. The van der Waals surface area contributed by atoms with E-state index in [-0.39, 0.29) is 75.8 Å². The molecular formula is C52H79N7O12. The number of hydrogen-bond donors (Lipinski definition) is 5. The number of carboxylic acid groups (broad SMARTS) is 1. The third-order valence-electron chi connectivity index (χ3n) is 11.8. The second-order valence-corrected chi connectivity index (χ2v) is 20.8. The van der Waals surface area contributed by atoms with Crippen molar-refractivity contribution in [2.45, 2.75) is 148 Å². The van der Waals surface area contributed by atoms with E-state index in [1.54, 1.807) is 63.4 Å². The van der Waals surface area contributed by atoms with Gasteiger partial charge in [0, 0.05) is 58.2 Å². The number of fused-ring (bicyclic) bond motifs is 2. The summed E-state index contributed by atoms with van der Waals surface area (Å²) in [5.74, 6) is -3.24. The zero-order valence-corrected chi connectivity index (χ0v) is 43.2. The van der Waals surface area contributed by atoms with Crippen LogP contribution in [0, 0.1) is 5.92 Å². The molecule has 2 fully saturated rings. The number of hydrogen-bond acceptors (Lipinski definition) is 12. The second kappa shape index (κ2) is 27.7. The second-order valence-electron chi connectivity index (χ2n) is 20.8. The van der Waals surface area contributed by atoms with Gasteiger partial charge in [0.2, 0.25) is 23.6 Å². The number of piperazine rings is 1. The highest BCUT2D eigenvalue weighted by molar-refractivity contribution is 5.95. The molecule has 19 heteroatoms. The summed E-state index contributed by atoms with van der Waals surface area (Å²) in [6.07, 6.45) is 0.812. The quantitative estimate of drug-likeness (QED) is 0.0787. The van der Waals surface area contributed by atoms with Crippen molar-refractivity contribution in [3.8, 4) is 0 Å². The van der Waals surface area contributed by atoms with E-state index in [0.717, 1.165) is 11.1 Å². The number of amides is 6. The van der Waals surface area contributed by atoms with Gasteiger partial charge in [-0.25, -0.2) is 9.59 Å². The highest BCUT2D eigenvalue weighted by Gasteiger charge is 2.49. The van der Waals surface area contributed by atoms with Crippen LogP contribution in [0.25, 0.3) is 0 Å². The third kappa shape index (κ3) is 20.5. The Morgan fingerprint density at radius 2 is 1.20 bits per heavy atom. The van der Waals surface area contributed by atoms with Gasteiger partial charge in [0.1, 0.15) is 35.4 Å². The smallest absolute Gasteiger partial charge is 0.410 e. The molecular weight excluding hydrogens is 915 g/mol. The van der Waals surface area contributed by atoms with Gasteiger partial charge in [-0.05, 0) is 90.7 Å². The molecule has 6 atom stereocenters. The number of ether oxygens (including phenoxy) is 4. The lowest BCUT2D eigenvalue weighted by atomic mass is 9.86. The Morgan fingerprint density at radius 3 is 1.72 bits per heavy atom. The van der Waals surface area contributed by atoms with Crippen LogP contribution in [0.4, 0.5) is 9.59 Å². The van der Waals surface area contributed by atoms with Crippen LogP contribution in [0.1, 0.15) is 98.6 Å². The van der Waals surface area contributed by atoms with Crippen molar-refractivity contribution in [3.05, 3.63) is 71.8 Å². The van der Waals surface area contributed by atoms with E-state index in [9.17, 15) is 38.7 Å². The van der Waals surface area contributed by atoms with Crippen LogP contribution in [0.15, 0.2) is 60.7 Å². The molecule has 0 spiro atoms. The van der Waals surface area contributed by atoms with Gasteiger partial charge >= 0.3 is 18.2 Å². The number of nitrogens with one attached hydrogen (secondary N) is 4. The highest BCUT2D eigenvalue weighted by atomic mass is 16.6. The lowest BCUT2D eigenvalue weighted by Gasteiger charge is -2.56. The maximum absolute atomic E-state index is 14.6. The molecule has 0 saturated carbocycles. The average Bonchev–Trinajstić information content (AvgIpc) is 3.27. The summed E-state index contributed by atoms with van der Waals surface area (Å²) in [6, 6.07) is 13.2. The normalized spacial score (nSPS) is 17.4. The zero-order valence-electron chi connectivity index (χ0n) is 43.2. The Kier molecular flexibility index (Phi) is 22.6. The lowest BCUT2D eigenvalue weighted by Crippen LogP contribution is -2.72. The number of unbranched alkanes of at least 4 members (excludes halogenated alkanes) is 1. The first kappa shape index (κ1) is 57.8. The van der Waals surface area contributed by atoms with E-state index in [4.69, 9.17) is 18.9 Å². The first-order chi connectivity index (χ1) is 33.5. The van der Waals surface area contributed by atoms with Crippen LogP contribution < -0.4 is 21.3 Å². The standard InChI is InChI=1S/C52H79N7O12/c1-35(2)28-41(54-46(63)42(29-36-18-12-10-13-19-36)55-47(64)43(30-37-20-14-11-15-21-37)56-49(66)70-51(3,4)5)45(62)53-40(48(65)59-38-31-39(59)33-57(32-38)34-44(60)61)22-16-17-23-58(24-25-69-27-26-68-9)50(67)71-52(6,7)8/h10-15,18-21,35,38-43H,16-17,22-34H2,1-9H3,(H,53,62)(H,54,63)(H,55,64)(H,56,66)(H,60,61). The number of nitrogens with zero attached hydrogens (tertiary/aromatic N) is 3. The molecule has 2 aromatic carbocycles. The van der Waals surface area contributed by atoms with Crippen molar-refractivity contribution in [2.24, 2.45) is 5.92 Å². The lowest BCUT2D eigenvalue weighted by molar-refractivity contribution is -0.159. The molecule has 0 aliphatic carbocycles. The third-order valence-corrected chi connectivity index (χ3v) is 11.8. The highest BCUT2D eigenvalue weighted by Crippen LogP contribution is 2.33. The minimum Gasteiger partial charge on any atom is -0.480 e. The monoisotopic (exact) mass is 994 g/mol. The van der Waals surface area contributed by atoms with Crippen LogP contribution in [-0.4, -0.2) is 169 Å². The summed E-state index contributed by atoms with van der Waals surface area (Å²) in [7, 11) is 1.57. The van der Waals surface area contributed by atoms with Crippen molar-refractivity contribution in [2.75, 3.05) is 59.7 Å². The predicted molar refractivity (Wildman–Crippen MR) is 266 cm³/mol. The fraction of sp³-hybridized carbons (Fsp3) is 0.635. The Bertz CT molecular complexity index is 2030. The number of carboxylic acids is 1. The van der Waals surface area contributed by atoms with Crippen molar-refractivity contribution >= 4 is 41.8 Å². The van der Waals surface area contributed by atoms with Crippen molar-refractivity contribution in [1.29, 1.82) is 0 Å². The van der Waals surface area contributed by atoms with E-state index in [0.29, 0.717) is 45.6 Å². The van der Waals surface area contributed by atoms with E-state index in [1.165, 1.54) is 0 Å². The predicted octanol–water partition coefficient (Wildman–Crippen LogP) is 4.31. The van der Waals surface area contributed by atoms with Gasteiger partial charge < -0.3 is 55.1 Å². The summed E-state index contributed by atoms with van der Waals surface area (Å²) in [5.41, 5.74) is -0.0892. The fourth-order valence-electron chi connectivity index (χ4n) is 8.59. The van der Waals surface area contributed by atoms with Gasteiger partial charge in [-0.2, -0.15) is 0 Å². The maximum Gasteiger partial charge on any atom is 0.410 e. The summed E-state index contributed by atoms with van der Waals surface area (Å²) in [4.78, 5) is 101. The summed E-state index contributed by atoms with van der Waals surface area (Å²) in [5, 5.41) is 20.9. The molecule has 4 rings (SSSR count). The molecule has 0 radical (unpaired) electrons. The van der Waals surface area contributed by atoms with Gasteiger partial charge in [0.05, 0.1) is 26.4 Å². The maximum atomic E-state index is 14.6. The number of likely N-dealkylation sites (tertiary alicyclic amines) is 2. The number of piperidine rings is 1. The molecule has 2 aliphatic heterocycles. The van der Waals surface area contributed by atoms with Crippen LogP contribution in [0.3, 0.4) is 0 Å². The van der Waals surface area contributed by atoms with Crippen LogP contribution >= 0.6 is 0 Å². The molecule has 6 unspecified atom stereocenters. The number of methoxy groups -OCH3 is 1. The fourth-order valence-corrected chi connectivity index (χ4v) is 8.59. The van der Waals surface area contributed by atoms with Gasteiger partial charge in [0.25, 0.3) is 0 Å². The van der Waals surface area contributed by atoms with Crippen LogP contribution in [0.5, 0.6) is 0 Å².